The molecule has 3 nitrogen and oxygen atoms in total. The van der Waals surface area contributed by atoms with E-state index in [2.05, 4.69) is 60.2 Å². The smallest absolute Gasteiger partial charge is 0.145 e. The molecule has 0 atom stereocenters. The summed E-state index contributed by atoms with van der Waals surface area (Å²) in [5.41, 5.74) is 4.58. The van der Waals surface area contributed by atoms with Crippen LogP contribution in [0.5, 0.6) is 0 Å². The molecule has 3 aromatic rings. The van der Waals surface area contributed by atoms with E-state index in [1.165, 1.54) is 36.8 Å². The fourth-order valence-corrected chi connectivity index (χ4v) is 3.20. The molecule has 3 heteroatoms. The average molecular weight is 387 g/mol. The van der Waals surface area contributed by atoms with Crippen molar-refractivity contribution in [1.82, 2.24) is 0 Å². The second-order valence-electron chi connectivity index (χ2n) is 7.22. The van der Waals surface area contributed by atoms with Crippen molar-refractivity contribution < 1.29 is 4.42 Å². The van der Waals surface area contributed by atoms with Crippen LogP contribution in [-0.4, -0.2) is 12.4 Å². The Labute approximate surface area is 174 Å². The van der Waals surface area contributed by atoms with Gasteiger partial charge in [-0.15, -0.1) is 0 Å². The first-order valence-electron chi connectivity index (χ1n) is 10.6. The van der Waals surface area contributed by atoms with Crippen LogP contribution in [0.3, 0.4) is 0 Å². The number of furan rings is 1. The van der Waals surface area contributed by atoms with Gasteiger partial charge in [0.2, 0.25) is 0 Å². The quantitative estimate of drug-likeness (QED) is 0.333. The van der Waals surface area contributed by atoms with Crippen molar-refractivity contribution in [1.29, 1.82) is 0 Å². The maximum absolute atomic E-state index is 5.87. The third kappa shape index (κ3) is 6.28. The van der Waals surface area contributed by atoms with Gasteiger partial charge in [-0.05, 0) is 61.1 Å². The zero-order valence-corrected chi connectivity index (χ0v) is 17.5. The van der Waals surface area contributed by atoms with Crippen molar-refractivity contribution in [3.63, 3.8) is 0 Å². The Morgan fingerprint density at radius 1 is 0.655 bits per heavy atom. The summed E-state index contributed by atoms with van der Waals surface area (Å²) >= 11 is 0. The molecule has 0 aliphatic heterocycles. The number of nitrogens with zero attached hydrogens (tertiary/aromatic N) is 2. The summed E-state index contributed by atoms with van der Waals surface area (Å²) in [6.45, 7) is 4.42. The van der Waals surface area contributed by atoms with Crippen LogP contribution in [-0.2, 0) is 12.8 Å². The molecular formula is C26H30N2O. The van der Waals surface area contributed by atoms with Crippen LogP contribution in [0.1, 0.15) is 62.2 Å². The highest BCUT2D eigenvalue weighted by Crippen LogP contribution is 2.22. The Bertz CT molecular complexity index is 877. The monoisotopic (exact) mass is 386 g/mol. The second-order valence-corrected chi connectivity index (χ2v) is 7.22. The standard InChI is InChI=1S/C26H30N2O/c1-3-5-11-21-13-7-9-15-25(21)27-19-23-17-18-24(29-23)20-28-26-16-10-8-14-22(26)12-6-4-2/h7-10,13-20H,3-6,11-12H2,1-2H3. The minimum Gasteiger partial charge on any atom is -0.454 e. The molecule has 0 saturated carbocycles. The predicted molar refractivity (Wildman–Crippen MR) is 123 cm³/mol. The van der Waals surface area contributed by atoms with E-state index in [0.717, 1.165) is 35.7 Å². The van der Waals surface area contributed by atoms with Gasteiger partial charge in [-0.3, -0.25) is 9.98 Å². The van der Waals surface area contributed by atoms with Crippen LogP contribution in [0.15, 0.2) is 75.1 Å². The topological polar surface area (TPSA) is 37.9 Å². The molecule has 0 aliphatic rings. The Hall–Kier alpha value is -2.94. The Balaban J connectivity index is 1.69. The zero-order chi connectivity index (χ0) is 20.3. The van der Waals surface area contributed by atoms with Crippen molar-refractivity contribution in [3.8, 4) is 0 Å². The van der Waals surface area contributed by atoms with Gasteiger partial charge in [-0.25, -0.2) is 0 Å². The van der Waals surface area contributed by atoms with Gasteiger partial charge in [-0.1, -0.05) is 63.1 Å². The molecule has 2 aromatic carbocycles. The highest BCUT2D eigenvalue weighted by Gasteiger charge is 2.02. The highest BCUT2D eigenvalue weighted by atomic mass is 16.3. The van der Waals surface area contributed by atoms with E-state index >= 15 is 0 Å². The first kappa shape index (κ1) is 20.8. The lowest BCUT2D eigenvalue weighted by atomic mass is 10.1. The third-order valence-electron chi connectivity index (χ3n) is 4.89. The van der Waals surface area contributed by atoms with Crippen molar-refractivity contribution >= 4 is 23.8 Å². The normalized spacial score (nSPS) is 11.7. The number of aliphatic imine (C=N–C) groups is 2. The molecule has 0 radical (unpaired) electrons. The molecule has 0 bridgehead atoms. The summed E-state index contributed by atoms with van der Waals surface area (Å²) in [6, 6.07) is 20.5. The van der Waals surface area contributed by atoms with Gasteiger partial charge in [0.1, 0.15) is 11.5 Å². The summed E-state index contributed by atoms with van der Waals surface area (Å²) in [5, 5.41) is 0. The van der Waals surface area contributed by atoms with E-state index in [1.54, 1.807) is 12.4 Å². The summed E-state index contributed by atoms with van der Waals surface area (Å²) < 4.78 is 5.87. The van der Waals surface area contributed by atoms with Gasteiger partial charge >= 0.3 is 0 Å². The Morgan fingerprint density at radius 3 is 1.55 bits per heavy atom. The Kier molecular flexibility index (Phi) is 8.00. The van der Waals surface area contributed by atoms with Crippen LogP contribution in [0.4, 0.5) is 11.4 Å². The van der Waals surface area contributed by atoms with Crippen molar-refractivity contribution in [3.05, 3.63) is 83.3 Å². The van der Waals surface area contributed by atoms with Gasteiger partial charge in [-0.2, -0.15) is 0 Å². The summed E-state index contributed by atoms with van der Waals surface area (Å²) in [4.78, 5) is 9.29. The fourth-order valence-electron chi connectivity index (χ4n) is 3.20. The van der Waals surface area contributed by atoms with Crippen LogP contribution in [0.25, 0.3) is 0 Å². The number of benzene rings is 2. The maximum Gasteiger partial charge on any atom is 0.145 e. The van der Waals surface area contributed by atoms with Gasteiger partial charge < -0.3 is 4.42 Å². The lowest BCUT2D eigenvalue weighted by Gasteiger charge is -2.04. The third-order valence-corrected chi connectivity index (χ3v) is 4.89. The zero-order valence-electron chi connectivity index (χ0n) is 17.5. The number of rotatable bonds is 10. The van der Waals surface area contributed by atoms with Crippen LogP contribution in [0, 0.1) is 0 Å². The minimum absolute atomic E-state index is 0.732. The molecule has 1 heterocycles. The number of para-hydroxylation sites is 2. The average Bonchev–Trinajstić information content (AvgIpc) is 3.22. The molecule has 0 spiro atoms. The molecule has 0 aliphatic carbocycles. The Morgan fingerprint density at radius 2 is 1.10 bits per heavy atom. The first-order valence-corrected chi connectivity index (χ1v) is 10.6. The van der Waals surface area contributed by atoms with E-state index in [9.17, 15) is 0 Å². The molecule has 150 valence electrons. The molecule has 1 aromatic heterocycles. The van der Waals surface area contributed by atoms with Gasteiger partial charge in [0, 0.05) is 0 Å². The first-order chi connectivity index (χ1) is 14.3. The molecule has 29 heavy (non-hydrogen) atoms. The molecule has 0 unspecified atom stereocenters. The van der Waals surface area contributed by atoms with Crippen molar-refractivity contribution in [2.24, 2.45) is 9.98 Å². The van der Waals surface area contributed by atoms with E-state index in [-0.39, 0.29) is 0 Å². The molecule has 0 N–H and O–H groups in total. The SMILES string of the molecule is CCCCc1ccccc1N=Cc1ccc(C=Nc2ccccc2CCCC)o1. The number of unbranched alkanes of at least 4 members (excludes halogenated alkanes) is 2. The lowest BCUT2D eigenvalue weighted by molar-refractivity contribution is 0.553. The predicted octanol–water partition coefficient (Wildman–Crippen LogP) is 7.47. The number of hydrogen-bond donors (Lipinski definition) is 0. The van der Waals surface area contributed by atoms with Gasteiger partial charge in [0.15, 0.2) is 0 Å². The van der Waals surface area contributed by atoms with E-state index in [0.29, 0.717) is 0 Å². The molecule has 0 saturated heterocycles. The number of hydrogen-bond acceptors (Lipinski definition) is 3. The molecule has 0 fully saturated rings. The van der Waals surface area contributed by atoms with Crippen molar-refractivity contribution in [2.75, 3.05) is 0 Å². The summed E-state index contributed by atoms with van der Waals surface area (Å²) in [5.74, 6) is 1.46. The second kappa shape index (κ2) is 11.2. The summed E-state index contributed by atoms with van der Waals surface area (Å²) in [6.07, 6.45) is 10.4. The molecular weight excluding hydrogens is 356 g/mol. The number of aryl methyl sites for hydroxylation is 2. The van der Waals surface area contributed by atoms with E-state index in [4.69, 9.17) is 4.42 Å². The maximum atomic E-state index is 5.87. The van der Waals surface area contributed by atoms with E-state index in [1.807, 2.05) is 24.3 Å². The lowest BCUT2D eigenvalue weighted by Crippen LogP contribution is -1.86. The van der Waals surface area contributed by atoms with E-state index < -0.39 is 0 Å². The molecule has 0 amide bonds. The fraction of sp³-hybridized carbons (Fsp3) is 0.308. The summed E-state index contributed by atoms with van der Waals surface area (Å²) in [7, 11) is 0. The van der Waals surface area contributed by atoms with Crippen LogP contribution in [0.2, 0.25) is 0 Å². The highest BCUT2D eigenvalue weighted by molar-refractivity contribution is 5.83. The van der Waals surface area contributed by atoms with Crippen LogP contribution < -0.4 is 0 Å². The van der Waals surface area contributed by atoms with Crippen LogP contribution >= 0.6 is 0 Å². The van der Waals surface area contributed by atoms with Crippen molar-refractivity contribution in [2.45, 2.75) is 52.4 Å². The molecule has 3 rings (SSSR count). The largest absolute Gasteiger partial charge is 0.454 e. The van der Waals surface area contributed by atoms with Gasteiger partial charge in [0.05, 0.1) is 23.8 Å². The minimum atomic E-state index is 0.732. The van der Waals surface area contributed by atoms with Gasteiger partial charge in [0.25, 0.3) is 0 Å².